The molecule has 1 heterocycles. The maximum atomic E-state index is 4.19. The van der Waals surface area contributed by atoms with E-state index < -0.39 is 0 Å². The van der Waals surface area contributed by atoms with Gasteiger partial charge < -0.3 is 0 Å². The summed E-state index contributed by atoms with van der Waals surface area (Å²) in [5.74, 6) is 0. The van der Waals surface area contributed by atoms with Crippen molar-refractivity contribution < 1.29 is 0 Å². The maximum Gasteiger partial charge on any atom is 0.0349 e. The van der Waals surface area contributed by atoms with E-state index in [4.69, 9.17) is 0 Å². The van der Waals surface area contributed by atoms with Gasteiger partial charge in [0.05, 0.1) is 0 Å². The summed E-state index contributed by atoms with van der Waals surface area (Å²) in [6.07, 6.45) is 6.58. The lowest BCUT2D eigenvalue weighted by Gasteiger charge is -2.26. The first kappa shape index (κ1) is 11.7. The van der Waals surface area contributed by atoms with E-state index >= 15 is 0 Å². The molecule has 0 fully saturated rings. The van der Waals surface area contributed by atoms with Crippen LogP contribution in [0.5, 0.6) is 0 Å². The Hall–Kier alpha value is -1.37. The normalized spacial score (nSPS) is 11.1. The second-order valence-corrected chi connectivity index (χ2v) is 4.38. The molecule has 0 aliphatic carbocycles. The van der Waals surface area contributed by atoms with Gasteiger partial charge in [0.25, 0.3) is 0 Å². The van der Waals surface area contributed by atoms with Crippen molar-refractivity contribution in [2.45, 2.75) is 27.2 Å². The minimum Gasteiger partial charge on any atom is -0.264 e. The third kappa shape index (κ3) is 2.35. The monoisotopic (exact) mass is 201 g/mol. The molecular formula is C14H19N. The molecule has 0 aromatic carbocycles. The van der Waals surface area contributed by atoms with E-state index in [2.05, 4.69) is 38.9 Å². The van der Waals surface area contributed by atoms with E-state index in [1.807, 2.05) is 18.3 Å². The summed E-state index contributed by atoms with van der Waals surface area (Å²) in [6.45, 7) is 14.6. The number of aromatic nitrogens is 1. The van der Waals surface area contributed by atoms with Gasteiger partial charge in [0.2, 0.25) is 0 Å². The highest BCUT2D eigenvalue weighted by Gasteiger charge is 2.21. The fourth-order valence-electron chi connectivity index (χ4n) is 1.41. The van der Waals surface area contributed by atoms with Crippen molar-refractivity contribution in [2.24, 2.45) is 5.41 Å². The molecule has 1 rings (SSSR count). The van der Waals surface area contributed by atoms with Gasteiger partial charge in [-0.15, -0.1) is 0 Å². The zero-order valence-corrected chi connectivity index (χ0v) is 9.88. The quantitative estimate of drug-likeness (QED) is 0.712. The Morgan fingerprint density at radius 3 is 2.73 bits per heavy atom. The number of pyridine rings is 1. The Morgan fingerprint density at radius 2 is 2.20 bits per heavy atom. The van der Waals surface area contributed by atoms with Gasteiger partial charge >= 0.3 is 0 Å². The van der Waals surface area contributed by atoms with Crippen molar-refractivity contribution in [1.82, 2.24) is 4.98 Å². The second kappa shape index (κ2) is 4.43. The SMILES string of the molecule is C=Cc1ccncc1C(=C)C(C)(C)CC. The number of nitrogens with zero attached hydrogens (tertiary/aromatic N) is 1. The molecule has 1 heteroatoms. The Morgan fingerprint density at radius 1 is 1.53 bits per heavy atom. The predicted molar refractivity (Wildman–Crippen MR) is 67.4 cm³/mol. The number of rotatable bonds is 4. The average Bonchev–Trinajstić information content (AvgIpc) is 2.28. The molecule has 0 N–H and O–H groups in total. The Labute approximate surface area is 92.6 Å². The summed E-state index contributed by atoms with van der Waals surface area (Å²) in [6, 6.07) is 1.97. The van der Waals surface area contributed by atoms with Crippen LogP contribution in [0.1, 0.15) is 38.3 Å². The van der Waals surface area contributed by atoms with Gasteiger partial charge in [-0.3, -0.25) is 4.98 Å². The van der Waals surface area contributed by atoms with Gasteiger partial charge in [0.15, 0.2) is 0 Å². The van der Waals surface area contributed by atoms with Gasteiger partial charge in [0.1, 0.15) is 0 Å². The molecule has 1 nitrogen and oxygen atoms in total. The van der Waals surface area contributed by atoms with Crippen LogP contribution in [0.15, 0.2) is 31.6 Å². The molecule has 0 atom stereocenters. The first-order valence-electron chi connectivity index (χ1n) is 5.29. The van der Waals surface area contributed by atoms with E-state index in [9.17, 15) is 0 Å². The number of hydrogen-bond donors (Lipinski definition) is 0. The molecule has 0 aliphatic rings. The van der Waals surface area contributed by atoms with Crippen LogP contribution in [-0.2, 0) is 0 Å². The number of allylic oxidation sites excluding steroid dienone is 1. The van der Waals surface area contributed by atoms with Crippen molar-refractivity contribution in [1.29, 1.82) is 0 Å². The molecular weight excluding hydrogens is 182 g/mol. The summed E-state index contributed by atoms with van der Waals surface area (Å²) in [5, 5.41) is 0. The summed E-state index contributed by atoms with van der Waals surface area (Å²) >= 11 is 0. The lowest BCUT2D eigenvalue weighted by atomic mass is 9.78. The van der Waals surface area contributed by atoms with Crippen LogP contribution in [-0.4, -0.2) is 4.98 Å². The highest BCUT2D eigenvalue weighted by molar-refractivity contribution is 5.74. The fraction of sp³-hybridized carbons (Fsp3) is 0.357. The molecule has 0 radical (unpaired) electrons. The molecule has 0 saturated heterocycles. The van der Waals surface area contributed by atoms with Crippen molar-refractivity contribution >= 4 is 11.6 Å². The highest BCUT2D eigenvalue weighted by Crippen LogP contribution is 2.37. The molecule has 1 aromatic heterocycles. The van der Waals surface area contributed by atoms with Gasteiger partial charge in [-0.25, -0.2) is 0 Å². The minimum atomic E-state index is 0.112. The second-order valence-electron chi connectivity index (χ2n) is 4.38. The van der Waals surface area contributed by atoms with Crippen LogP contribution >= 0.6 is 0 Å². The highest BCUT2D eigenvalue weighted by atomic mass is 14.6. The topological polar surface area (TPSA) is 12.9 Å². The molecule has 0 aliphatic heterocycles. The molecule has 80 valence electrons. The summed E-state index contributed by atoms with van der Waals surface area (Å²) in [5.41, 5.74) is 3.46. The first-order valence-corrected chi connectivity index (χ1v) is 5.29. The van der Waals surface area contributed by atoms with Crippen molar-refractivity contribution in [3.63, 3.8) is 0 Å². The maximum absolute atomic E-state index is 4.19. The molecule has 0 amide bonds. The van der Waals surface area contributed by atoms with Crippen LogP contribution in [0, 0.1) is 5.41 Å². The molecule has 0 unspecified atom stereocenters. The zero-order valence-electron chi connectivity index (χ0n) is 9.88. The van der Waals surface area contributed by atoms with Crippen molar-refractivity contribution in [3.8, 4) is 0 Å². The van der Waals surface area contributed by atoms with E-state index in [1.165, 1.54) is 0 Å². The summed E-state index contributed by atoms with van der Waals surface area (Å²) < 4.78 is 0. The molecule has 0 spiro atoms. The Kier molecular flexibility index (Phi) is 3.46. The summed E-state index contributed by atoms with van der Waals surface area (Å²) in [4.78, 5) is 4.15. The molecule has 0 saturated carbocycles. The lowest BCUT2D eigenvalue weighted by molar-refractivity contribution is 0.483. The van der Waals surface area contributed by atoms with E-state index in [0.717, 1.165) is 23.1 Å². The molecule has 1 aromatic rings. The van der Waals surface area contributed by atoms with E-state index in [1.54, 1.807) is 6.20 Å². The first-order chi connectivity index (χ1) is 7.03. The third-order valence-corrected chi connectivity index (χ3v) is 3.10. The van der Waals surface area contributed by atoms with Crippen LogP contribution in [0.3, 0.4) is 0 Å². The zero-order chi connectivity index (χ0) is 11.5. The fourth-order valence-corrected chi connectivity index (χ4v) is 1.41. The molecule has 15 heavy (non-hydrogen) atoms. The summed E-state index contributed by atoms with van der Waals surface area (Å²) in [7, 11) is 0. The Bertz CT molecular complexity index is 375. The number of hydrogen-bond acceptors (Lipinski definition) is 1. The smallest absolute Gasteiger partial charge is 0.0349 e. The largest absolute Gasteiger partial charge is 0.264 e. The lowest BCUT2D eigenvalue weighted by Crippen LogP contribution is -2.12. The van der Waals surface area contributed by atoms with Gasteiger partial charge in [0, 0.05) is 18.0 Å². The van der Waals surface area contributed by atoms with Gasteiger partial charge in [-0.05, 0) is 29.0 Å². The van der Waals surface area contributed by atoms with Crippen LogP contribution in [0.4, 0.5) is 0 Å². The van der Waals surface area contributed by atoms with Crippen LogP contribution in [0.2, 0.25) is 0 Å². The van der Waals surface area contributed by atoms with Crippen LogP contribution in [0.25, 0.3) is 11.6 Å². The van der Waals surface area contributed by atoms with Crippen LogP contribution < -0.4 is 0 Å². The van der Waals surface area contributed by atoms with Gasteiger partial charge in [-0.1, -0.05) is 40.0 Å². The van der Waals surface area contributed by atoms with Crippen molar-refractivity contribution in [3.05, 3.63) is 42.7 Å². The Balaban J connectivity index is 3.17. The minimum absolute atomic E-state index is 0.112. The third-order valence-electron chi connectivity index (χ3n) is 3.10. The van der Waals surface area contributed by atoms with E-state index in [-0.39, 0.29) is 5.41 Å². The standard InChI is InChI=1S/C14H19N/c1-6-12-8-9-15-10-13(12)11(3)14(4,5)7-2/h6,8-10H,1,3,7H2,2,4-5H3. The van der Waals surface area contributed by atoms with E-state index in [0.29, 0.717) is 0 Å². The predicted octanol–water partition coefficient (Wildman–Crippen LogP) is 4.17. The van der Waals surface area contributed by atoms with Crippen molar-refractivity contribution in [2.75, 3.05) is 0 Å². The average molecular weight is 201 g/mol. The van der Waals surface area contributed by atoms with Gasteiger partial charge in [-0.2, -0.15) is 0 Å². The molecule has 0 bridgehead atoms.